The van der Waals surface area contributed by atoms with Crippen molar-refractivity contribution < 1.29 is 4.74 Å². The third kappa shape index (κ3) is 2.09. The van der Waals surface area contributed by atoms with Crippen LogP contribution in [0.2, 0.25) is 0 Å². The molecule has 1 fully saturated rings. The highest BCUT2D eigenvalue weighted by molar-refractivity contribution is 9.10. The Labute approximate surface area is 84.6 Å². The van der Waals surface area contributed by atoms with Gasteiger partial charge in [0.25, 0.3) is 0 Å². The van der Waals surface area contributed by atoms with Gasteiger partial charge >= 0.3 is 0 Å². The second kappa shape index (κ2) is 3.49. The zero-order valence-corrected chi connectivity index (χ0v) is 8.62. The minimum atomic E-state index is 0.417. The fourth-order valence-corrected chi connectivity index (χ4v) is 1.27. The standard InChI is InChI=1S/C8H10BrN3O/c9-6-7(10)11-4-12-8(6)13-3-5-1-2-5/h4-5H,1-3H2,(H2,10,11,12). The third-order valence-corrected chi connectivity index (χ3v) is 2.68. The molecule has 5 heteroatoms. The Morgan fingerprint density at radius 2 is 2.31 bits per heavy atom. The largest absolute Gasteiger partial charge is 0.476 e. The predicted molar refractivity (Wildman–Crippen MR) is 52.4 cm³/mol. The molecule has 4 nitrogen and oxygen atoms in total. The molecule has 0 bridgehead atoms. The quantitative estimate of drug-likeness (QED) is 0.877. The first kappa shape index (κ1) is 8.74. The first-order chi connectivity index (χ1) is 6.27. The number of ether oxygens (including phenoxy) is 1. The zero-order chi connectivity index (χ0) is 9.26. The molecule has 0 unspecified atom stereocenters. The maximum absolute atomic E-state index is 5.56. The molecule has 0 aliphatic heterocycles. The summed E-state index contributed by atoms with van der Waals surface area (Å²) in [6.45, 7) is 0.731. The first-order valence-electron chi connectivity index (χ1n) is 4.16. The van der Waals surface area contributed by atoms with Crippen LogP contribution in [0.4, 0.5) is 5.82 Å². The third-order valence-electron chi connectivity index (χ3n) is 1.94. The number of hydrogen-bond donors (Lipinski definition) is 1. The van der Waals surface area contributed by atoms with Crippen LogP contribution in [0.3, 0.4) is 0 Å². The maximum atomic E-state index is 5.56. The van der Waals surface area contributed by atoms with Crippen LogP contribution in [0.25, 0.3) is 0 Å². The van der Waals surface area contributed by atoms with E-state index in [0.29, 0.717) is 22.1 Å². The molecule has 0 saturated heterocycles. The summed E-state index contributed by atoms with van der Waals surface area (Å²) in [5.41, 5.74) is 5.56. The number of hydrogen-bond acceptors (Lipinski definition) is 4. The molecule has 0 aromatic carbocycles. The monoisotopic (exact) mass is 243 g/mol. The van der Waals surface area contributed by atoms with Crippen molar-refractivity contribution >= 4 is 21.7 Å². The van der Waals surface area contributed by atoms with Gasteiger partial charge in [0.1, 0.15) is 16.6 Å². The van der Waals surface area contributed by atoms with E-state index in [1.165, 1.54) is 19.2 Å². The van der Waals surface area contributed by atoms with Gasteiger partial charge in [-0.2, -0.15) is 0 Å². The Kier molecular flexibility index (Phi) is 2.35. The summed E-state index contributed by atoms with van der Waals surface area (Å²) >= 11 is 3.28. The van der Waals surface area contributed by atoms with Crippen LogP contribution < -0.4 is 10.5 Å². The van der Waals surface area contributed by atoms with Crippen molar-refractivity contribution in [2.45, 2.75) is 12.8 Å². The van der Waals surface area contributed by atoms with E-state index < -0.39 is 0 Å². The summed E-state index contributed by atoms with van der Waals surface area (Å²) in [5.74, 6) is 1.67. The van der Waals surface area contributed by atoms with Crippen molar-refractivity contribution in [3.8, 4) is 5.88 Å². The molecule has 70 valence electrons. The fourth-order valence-electron chi connectivity index (χ4n) is 0.948. The molecule has 1 aromatic rings. The smallest absolute Gasteiger partial charge is 0.233 e. The molecule has 1 aromatic heterocycles. The van der Waals surface area contributed by atoms with Crippen LogP contribution in [-0.2, 0) is 0 Å². The van der Waals surface area contributed by atoms with Crippen LogP contribution in [-0.4, -0.2) is 16.6 Å². The fraction of sp³-hybridized carbons (Fsp3) is 0.500. The number of halogens is 1. The molecular weight excluding hydrogens is 234 g/mol. The van der Waals surface area contributed by atoms with E-state index >= 15 is 0 Å². The molecule has 13 heavy (non-hydrogen) atoms. The summed E-state index contributed by atoms with van der Waals surface area (Å²) in [6.07, 6.45) is 3.93. The first-order valence-corrected chi connectivity index (χ1v) is 4.95. The van der Waals surface area contributed by atoms with Crippen molar-refractivity contribution in [3.05, 3.63) is 10.8 Å². The summed E-state index contributed by atoms with van der Waals surface area (Å²) in [7, 11) is 0. The number of nitrogen functional groups attached to an aromatic ring is 1. The zero-order valence-electron chi connectivity index (χ0n) is 7.03. The predicted octanol–water partition coefficient (Wildman–Crippen LogP) is 1.61. The molecular formula is C8H10BrN3O. The van der Waals surface area contributed by atoms with E-state index in [9.17, 15) is 0 Å². The van der Waals surface area contributed by atoms with E-state index in [0.717, 1.165) is 6.61 Å². The van der Waals surface area contributed by atoms with Crippen LogP contribution >= 0.6 is 15.9 Å². The van der Waals surface area contributed by atoms with E-state index in [1.54, 1.807) is 0 Å². The minimum absolute atomic E-state index is 0.417. The van der Waals surface area contributed by atoms with Gasteiger partial charge in [0.2, 0.25) is 5.88 Å². The topological polar surface area (TPSA) is 61.0 Å². The molecule has 1 aliphatic carbocycles. The van der Waals surface area contributed by atoms with Gasteiger partial charge in [0, 0.05) is 0 Å². The molecule has 2 N–H and O–H groups in total. The van der Waals surface area contributed by atoms with E-state index in [-0.39, 0.29) is 0 Å². The van der Waals surface area contributed by atoms with Crippen LogP contribution in [0, 0.1) is 5.92 Å². The van der Waals surface area contributed by atoms with E-state index in [4.69, 9.17) is 10.5 Å². The molecule has 0 amide bonds. The van der Waals surface area contributed by atoms with Gasteiger partial charge in [0.15, 0.2) is 0 Å². The van der Waals surface area contributed by atoms with Gasteiger partial charge < -0.3 is 10.5 Å². The molecule has 1 aliphatic rings. The van der Waals surface area contributed by atoms with Crippen molar-refractivity contribution in [2.24, 2.45) is 5.92 Å². The Morgan fingerprint density at radius 1 is 1.54 bits per heavy atom. The Bertz CT molecular complexity index is 314. The van der Waals surface area contributed by atoms with Crippen LogP contribution in [0.1, 0.15) is 12.8 Å². The highest BCUT2D eigenvalue weighted by Gasteiger charge is 2.22. The highest BCUT2D eigenvalue weighted by Crippen LogP contribution is 2.31. The Morgan fingerprint density at radius 3 is 3.00 bits per heavy atom. The molecule has 2 rings (SSSR count). The summed E-state index contributed by atoms with van der Waals surface area (Å²) in [6, 6.07) is 0. The van der Waals surface area contributed by atoms with Gasteiger partial charge in [-0.3, -0.25) is 0 Å². The van der Waals surface area contributed by atoms with Gasteiger partial charge in [-0.05, 0) is 34.7 Å². The van der Waals surface area contributed by atoms with Crippen molar-refractivity contribution in [1.82, 2.24) is 9.97 Å². The Balaban J connectivity index is 2.05. The SMILES string of the molecule is Nc1ncnc(OCC2CC2)c1Br. The number of aromatic nitrogens is 2. The number of rotatable bonds is 3. The van der Waals surface area contributed by atoms with Crippen molar-refractivity contribution in [1.29, 1.82) is 0 Å². The van der Waals surface area contributed by atoms with Gasteiger partial charge in [-0.15, -0.1) is 0 Å². The average Bonchev–Trinajstić information content (AvgIpc) is 2.91. The lowest BCUT2D eigenvalue weighted by Crippen LogP contribution is -2.03. The van der Waals surface area contributed by atoms with Crippen molar-refractivity contribution in [2.75, 3.05) is 12.3 Å². The van der Waals surface area contributed by atoms with Gasteiger partial charge in [0.05, 0.1) is 6.61 Å². The van der Waals surface area contributed by atoms with Gasteiger partial charge in [-0.1, -0.05) is 0 Å². The molecule has 0 radical (unpaired) electrons. The summed E-state index contributed by atoms with van der Waals surface area (Å²) in [4.78, 5) is 7.80. The second-order valence-electron chi connectivity index (χ2n) is 3.13. The number of nitrogens with two attached hydrogens (primary N) is 1. The van der Waals surface area contributed by atoms with Crippen LogP contribution in [0.15, 0.2) is 10.8 Å². The van der Waals surface area contributed by atoms with Crippen molar-refractivity contribution in [3.63, 3.8) is 0 Å². The van der Waals surface area contributed by atoms with Crippen LogP contribution in [0.5, 0.6) is 5.88 Å². The molecule has 1 saturated carbocycles. The molecule has 0 atom stereocenters. The summed E-state index contributed by atoms with van der Waals surface area (Å²) < 4.78 is 6.11. The lowest BCUT2D eigenvalue weighted by Gasteiger charge is -2.06. The Hall–Kier alpha value is -0.840. The van der Waals surface area contributed by atoms with E-state index in [1.807, 2.05) is 0 Å². The maximum Gasteiger partial charge on any atom is 0.233 e. The lowest BCUT2D eigenvalue weighted by atomic mass is 10.5. The highest BCUT2D eigenvalue weighted by atomic mass is 79.9. The second-order valence-corrected chi connectivity index (χ2v) is 3.93. The number of anilines is 1. The average molecular weight is 244 g/mol. The normalized spacial score (nSPS) is 15.8. The molecule has 1 heterocycles. The lowest BCUT2D eigenvalue weighted by molar-refractivity contribution is 0.286. The number of nitrogens with zero attached hydrogens (tertiary/aromatic N) is 2. The summed E-state index contributed by atoms with van der Waals surface area (Å²) in [5, 5.41) is 0. The molecule has 0 spiro atoms. The van der Waals surface area contributed by atoms with Gasteiger partial charge in [-0.25, -0.2) is 9.97 Å². The minimum Gasteiger partial charge on any atom is -0.476 e. The van der Waals surface area contributed by atoms with E-state index in [2.05, 4.69) is 25.9 Å².